The van der Waals surface area contributed by atoms with E-state index in [1.165, 1.54) is 0 Å². The average molecular weight is 250 g/mol. The molecule has 16 heavy (non-hydrogen) atoms. The van der Waals surface area contributed by atoms with Crippen molar-refractivity contribution in [2.45, 2.75) is 26.4 Å². The van der Waals surface area contributed by atoms with E-state index in [-0.39, 0.29) is 13.2 Å². The summed E-state index contributed by atoms with van der Waals surface area (Å²) in [6.45, 7) is 5.88. The number of ether oxygens (including phenoxy) is 1. The van der Waals surface area contributed by atoms with E-state index in [1.54, 1.807) is 26.8 Å². The van der Waals surface area contributed by atoms with Crippen LogP contribution in [0.5, 0.6) is 0 Å². The smallest absolute Gasteiger partial charge is 0.359 e. The van der Waals surface area contributed by atoms with Crippen molar-refractivity contribution in [1.29, 1.82) is 0 Å². The van der Waals surface area contributed by atoms with E-state index in [1.807, 2.05) is 0 Å². The molecule has 1 aliphatic heterocycles. The fourth-order valence-electron chi connectivity index (χ4n) is 1.47. The molecule has 0 saturated heterocycles. The SMILES string of the molecule is CCOP(=O)(OCC)C1=CC(C)(CO)OC1. The van der Waals surface area contributed by atoms with Gasteiger partial charge in [-0.3, -0.25) is 4.57 Å². The molecule has 0 spiro atoms. The second-order valence-corrected chi connectivity index (χ2v) is 5.81. The standard InChI is InChI=1S/C10H19O5P/c1-4-14-16(12,15-5-2)9-6-10(3,8-11)13-7-9/h6,11H,4-5,7-8H2,1-3H3. The zero-order valence-corrected chi connectivity index (χ0v) is 10.8. The molecule has 0 radical (unpaired) electrons. The van der Waals surface area contributed by atoms with Crippen LogP contribution in [0, 0.1) is 0 Å². The summed E-state index contributed by atoms with van der Waals surface area (Å²) in [6.07, 6.45) is 1.64. The van der Waals surface area contributed by atoms with Gasteiger partial charge in [0.2, 0.25) is 0 Å². The maximum atomic E-state index is 12.3. The van der Waals surface area contributed by atoms with Gasteiger partial charge in [0.15, 0.2) is 0 Å². The molecule has 0 bridgehead atoms. The van der Waals surface area contributed by atoms with Gasteiger partial charge in [0.1, 0.15) is 5.60 Å². The van der Waals surface area contributed by atoms with Crippen LogP contribution in [0.3, 0.4) is 0 Å². The van der Waals surface area contributed by atoms with Gasteiger partial charge in [-0.1, -0.05) is 0 Å². The van der Waals surface area contributed by atoms with E-state index < -0.39 is 13.2 Å². The summed E-state index contributed by atoms with van der Waals surface area (Å²) < 4.78 is 28.1. The van der Waals surface area contributed by atoms with Gasteiger partial charge in [0.25, 0.3) is 0 Å². The lowest BCUT2D eigenvalue weighted by atomic mass is 10.1. The molecule has 6 heteroatoms. The number of aliphatic hydroxyl groups excluding tert-OH is 1. The monoisotopic (exact) mass is 250 g/mol. The second kappa shape index (κ2) is 5.43. The Morgan fingerprint density at radius 2 is 2.06 bits per heavy atom. The summed E-state index contributed by atoms with van der Waals surface area (Å²) in [5, 5.41) is 9.62. The molecule has 94 valence electrons. The minimum Gasteiger partial charge on any atom is -0.393 e. The highest BCUT2D eigenvalue weighted by atomic mass is 31.2. The molecule has 5 nitrogen and oxygen atoms in total. The van der Waals surface area contributed by atoms with Gasteiger partial charge in [-0.05, 0) is 26.8 Å². The van der Waals surface area contributed by atoms with E-state index in [9.17, 15) is 4.57 Å². The van der Waals surface area contributed by atoms with Crippen LogP contribution in [-0.2, 0) is 18.3 Å². The molecule has 0 aromatic heterocycles. The predicted octanol–water partition coefficient (Wildman–Crippen LogP) is 1.92. The molecule has 0 amide bonds. The summed E-state index contributed by atoms with van der Waals surface area (Å²) in [6, 6.07) is 0. The molecule has 1 heterocycles. The van der Waals surface area contributed by atoms with E-state index in [2.05, 4.69) is 0 Å². The Kier molecular flexibility index (Phi) is 4.71. The van der Waals surface area contributed by atoms with Crippen LogP contribution < -0.4 is 0 Å². The second-order valence-electron chi connectivity index (χ2n) is 3.73. The molecule has 1 N–H and O–H groups in total. The first-order valence-corrected chi connectivity index (χ1v) is 6.90. The minimum atomic E-state index is -3.24. The molecule has 0 aromatic rings. The van der Waals surface area contributed by atoms with Crippen LogP contribution in [0.4, 0.5) is 0 Å². The Labute approximate surface area is 95.9 Å². The van der Waals surface area contributed by atoms with Crippen molar-refractivity contribution in [3.05, 3.63) is 11.4 Å². The minimum absolute atomic E-state index is 0.158. The summed E-state index contributed by atoms with van der Waals surface area (Å²) in [4.78, 5) is 0. The van der Waals surface area contributed by atoms with Gasteiger partial charge >= 0.3 is 7.60 Å². The number of hydrogen-bond acceptors (Lipinski definition) is 5. The molecule has 1 aliphatic rings. The lowest BCUT2D eigenvalue weighted by Gasteiger charge is -2.17. The first-order valence-electron chi connectivity index (χ1n) is 5.36. The zero-order valence-electron chi connectivity index (χ0n) is 9.93. The van der Waals surface area contributed by atoms with Gasteiger partial charge in [0.05, 0.1) is 31.7 Å². The molecule has 1 unspecified atom stereocenters. The van der Waals surface area contributed by atoms with Crippen LogP contribution >= 0.6 is 7.60 Å². The van der Waals surface area contributed by atoms with Crippen molar-refractivity contribution in [1.82, 2.24) is 0 Å². The number of aliphatic hydroxyl groups is 1. The van der Waals surface area contributed by atoms with Gasteiger partial charge in [-0.25, -0.2) is 0 Å². The van der Waals surface area contributed by atoms with Crippen molar-refractivity contribution in [2.24, 2.45) is 0 Å². The lowest BCUT2D eigenvalue weighted by molar-refractivity contribution is -0.00446. The molecule has 0 saturated carbocycles. The molecule has 0 fully saturated rings. The zero-order chi connectivity index (χ0) is 12.2. The summed E-state index contributed by atoms with van der Waals surface area (Å²) >= 11 is 0. The Balaban J connectivity index is 2.89. The van der Waals surface area contributed by atoms with E-state index in [4.69, 9.17) is 18.9 Å². The highest BCUT2D eigenvalue weighted by Gasteiger charge is 2.38. The van der Waals surface area contributed by atoms with Crippen LogP contribution in [0.25, 0.3) is 0 Å². The largest absolute Gasteiger partial charge is 0.393 e. The van der Waals surface area contributed by atoms with Crippen molar-refractivity contribution in [3.63, 3.8) is 0 Å². The third kappa shape index (κ3) is 2.93. The van der Waals surface area contributed by atoms with Gasteiger partial charge in [-0.15, -0.1) is 0 Å². The van der Waals surface area contributed by atoms with Crippen LogP contribution in [-0.4, -0.2) is 37.1 Å². The Bertz CT molecular complexity index is 304. The van der Waals surface area contributed by atoms with Crippen molar-refractivity contribution >= 4 is 7.60 Å². The van der Waals surface area contributed by atoms with Gasteiger partial charge < -0.3 is 18.9 Å². The summed E-state index contributed by atoms with van der Waals surface area (Å²) in [7, 11) is -3.24. The quantitative estimate of drug-likeness (QED) is 0.729. The number of hydrogen-bond donors (Lipinski definition) is 1. The predicted molar refractivity (Wildman–Crippen MR) is 60.4 cm³/mol. The fourth-order valence-corrected chi connectivity index (χ4v) is 3.21. The molecule has 1 atom stereocenters. The molecular weight excluding hydrogens is 231 g/mol. The lowest BCUT2D eigenvalue weighted by Crippen LogP contribution is -2.26. The summed E-state index contributed by atoms with van der Waals surface area (Å²) in [5.41, 5.74) is -0.779. The maximum absolute atomic E-state index is 12.3. The number of rotatable bonds is 6. The third-order valence-electron chi connectivity index (χ3n) is 2.29. The van der Waals surface area contributed by atoms with Crippen molar-refractivity contribution < 1.29 is 23.5 Å². The van der Waals surface area contributed by atoms with Crippen LogP contribution in [0.2, 0.25) is 0 Å². The normalized spacial score (nSPS) is 25.9. The van der Waals surface area contributed by atoms with E-state index in [0.717, 1.165) is 0 Å². The Morgan fingerprint density at radius 3 is 2.44 bits per heavy atom. The topological polar surface area (TPSA) is 65.0 Å². The van der Waals surface area contributed by atoms with Crippen LogP contribution in [0.1, 0.15) is 20.8 Å². The Morgan fingerprint density at radius 1 is 1.50 bits per heavy atom. The van der Waals surface area contributed by atoms with Crippen LogP contribution in [0.15, 0.2) is 11.4 Å². The van der Waals surface area contributed by atoms with Crippen molar-refractivity contribution in [2.75, 3.05) is 26.4 Å². The molecule has 0 aliphatic carbocycles. The third-order valence-corrected chi connectivity index (χ3v) is 4.44. The van der Waals surface area contributed by atoms with E-state index >= 15 is 0 Å². The molecule has 0 aromatic carbocycles. The highest BCUT2D eigenvalue weighted by Crippen LogP contribution is 2.58. The average Bonchev–Trinajstić information content (AvgIpc) is 2.63. The van der Waals surface area contributed by atoms with Crippen molar-refractivity contribution in [3.8, 4) is 0 Å². The van der Waals surface area contributed by atoms with Gasteiger partial charge in [-0.2, -0.15) is 0 Å². The fraction of sp³-hybridized carbons (Fsp3) is 0.800. The summed E-state index contributed by atoms with van der Waals surface area (Å²) in [5.74, 6) is 0. The Hall–Kier alpha value is -0.190. The molecular formula is C10H19O5P. The maximum Gasteiger partial charge on any atom is 0.359 e. The van der Waals surface area contributed by atoms with E-state index in [0.29, 0.717) is 18.5 Å². The first-order chi connectivity index (χ1) is 7.49. The highest BCUT2D eigenvalue weighted by molar-refractivity contribution is 7.58. The van der Waals surface area contributed by atoms with Gasteiger partial charge in [0, 0.05) is 0 Å². The first kappa shape index (κ1) is 13.9. The molecule has 1 rings (SSSR count).